The lowest BCUT2D eigenvalue weighted by molar-refractivity contribution is 0.0983. The number of benzene rings is 3. The zero-order valence-electron chi connectivity index (χ0n) is 18.9. The van der Waals surface area contributed by atoms with E-state index in [1.807, 2.05) is 73.7 Å². The zero-order chi connectivity index (χ0) is 23.5. The van der Waals surface area contributed by atoms with Crippen molar-refractivity contribution in [3.63, 3.8) is 0 Å². The molecule has 5 rings (SSSR count). The van der Waals surface area contributed by atoms with E-state index < -0.39 is 0 Å². The second-order valence-corrected chi connectivity index (χ2v) is 8.68. The molecule has 1 amide bonds. The summed E-state index contributed by atoms with van der Waals surface area (Å²) in [5, 5.41) is 2.43. The number of pyridine rings is 1. The van der Waals surface area contributed by atoms with Crippen LogP contribution in [-0.2, 0) is 6.54 Å². The minimum atomic E-state index is -0.171. The van der Waals surface area contributed by atoms with Crippen LogP contribution in [0.25, 0.3) is 21.0 Å². The standard InChI is InChI=1S/C27H23N3O3S/c1-3-33-23-12-10-19-8-4-5-9-21(19)25(23)26(31)30(17-18-7-6-14-28-16-18)27-29-22-15-20(32-2)11-13-24(22)34-27/h4-16H,3,17H2,1-2H3. The molecule has 2 heterocycles. The number of rotatable bonds is 7. The normalized spacial score (nSPS) is 11.0. The van der Waals surface area contributed by atoms with Crippen LogP contribution in [0, 0.1) is 0 Å². The minimum absolute atomic E-state index is 0.171. The van der Waals surface area contributed by atoms with Crippen molar-refractivity contribution in [3.05, 3.63) is 90.3 Å². The summed E-state index contributed by atoms with van der Waals surface area (Å²) < 4.78 is 12.2. The Kier molecular flexibility index (Phi) is 6.10. The Morgan fingerprint density at radius 3 is 2.74 bits per heavy atom. The van der Waals surface area contributed by atoms with Crippen molar-refractivity contribution in [1.29, 1.82) is 0 Å². The van der Waals surface area contributed by atoms with E-state index in [0.717, 1.165) is 32.3 Å². The molecule has 0 bridgehead atoms. The number of anilines is 1. The molecule has 0 saturated heterocycles. The lowest BCUT2D eigenvalue weighted by atomic mass is 10.0. The fourth-order valence-electron chi connectivity index (χ4n) is 3.92. The monoisotopic (exact) mass is 469 g/mol. The number of ether oxygens (including phenoxy) is 2. The van der Waals surface area contributed by atoms with Gasteiger partial charge in [-0.25, -0.2) is 4.98 Å². The predicted octanol–water partition coefficient (Wildman–Crippen LogP) is 6.10. The van der Waals surface area contributed by atoms with E-state index in [4.69, 9.17) is 14.5 Å². The van der Waals surface area contributed by atoms with Crippen LogP contribution in [-0.4, -0.2) is 29.6 Å². The highest BCUT2D eigenvalue weighted by Crippen LogP contribution is 2.35. The molecule has 6 nitrogen and oxygen atoms in total. The van der Waals surface area contributed by atoms with Gasteiger partial charge in [-0.2, -0.15) is 0 Å². The number of amides is 1. The first kappa shape index (κ1) is 21.9. The molecule has 34 heavy (non-hydrogen) atoms. The third-order valence-electron chi connectivity index (χ3n) is 5.53. The maximum atomic E-state index is 14.2. The van der Waals surface area contributed by atoms with E-state index in [1.165, 1.54) is 11.3 Å². The first-order valence-electron chi connectivity index (χ1n) is 11.0. The molecule has 0 N–H and O–H groups in total. The van der Waals surface area contributed by atoms with Gasteiger partial charge >= 0.3 is 0 Å². The molecule has 170 valence electrons. The molecule has 0 saturated carbocycles. The predicted molar refractivity (Wildman–Crippen MR) is 136 cm³/mol. The SMILES string of the molecule is CCOc1ccc2ccccc2c1C(=O)N(Cc1cccnc1)c1nc2cc(OC)ccc2s1. The Labute approximate surface area is 201 Å². The number of fused-ring (bicyclic) bond motifs is 2. The van der Waals surface area contributed by atoms with Crippen LogP contribution in [0.3, 0.4) is 0 Å². The fourth-order valence-corrected chi connectivity index (χ4v) is 4.86. The molecule has 0 spiro atoms. The zero-order valence-corrected chi connectivity index (χ0v) is 19.7. The molecule has 0 aliphatic carbocycles. The molecule has 3 aromatic carbocycles. The van der Waals surface area contributed by atoms with Gasteiger partial charge in [-0.15, -0.1) is 0 Å². The average molecular weight is 470 g/mol. The van der Waals surface area contributed by atoms with Crippen molar-refractivity contribution in [2.45, 2.75) is 13.5 Å². The maximum absolute atomic E-state index is 14.2. The van der Waals surface area contributed by atoms with Gasteiger partial charge in [0.2, 0.25) is 0 Å². The van der Waals surface area contributed by atoms with Crippen LogP contribution in [0.5, 0.6) is 11.5 Å². The summed E-state index contributed by atoms with van der Waals surface area (Å²) in [4.78, 5) is 25.0. The van der Waals surface area contributed by atoms with Crippen LogP contribution in [0.2, 0.25) is 0 Å². The number of carbonyl (C=O) groups is 1. The fraction of sp³-hybridized carbons (Fsp3) is 0.148. The Hall–Kier alpha value is -3.97. The van der Waals surface area contributed by atoms with Gasteiger partial charge in [0.25, 0.3) is 5.91 Å². The van der Waals surface area contributed by atoms with E-state index in [2.05, 4.69) is 4.98 Å². The Morgan fingerprint density at radius 2 is 1.94 bits per heavy atom. The lowest BCUT2D eigenvalue weighted by Crippen LogP contribution is -2.31. The third kappa shape index (κ3) is 4.18. The van der Waals surface area contributed by atoms with Crippen LogP contribution in [0.1, 0.15) is 22.8 Å². The van der Waals surface area contributed by atoms with Crippen LogP contribution < -0.4 is 14.4 Å². The molecular weight excluding hydrogens is 446 g/mol. The molecule has 2 aromatic heterocycles. The first-order chi connectivity index (χ1) is 16.7. The maximum Gasteiger partial charge on any atom is 0.264 e. The van der Waals surface area contributed by atoms with Gasteiger partial charge in [0.15, 0.2) is 5.13 Å². The van der Waals surface area contributed by atoms with Crippen LogP contribution in [0.4, 0.5) is 5.13 Å². The quantitative estimate of drug-likeness (QED) is 0.288. The summed E-state index contributed by atoms with van der Waals surface area (Å²) in [5.41, 5.74) is 2.22. The highest BCUT2D eigenvalue weighted by atomic mass is 32.1. The Bertz CT molecular complexity index is 1470. The van der Waals surface area contributed by atoms with E-state index in [-0.39, 0.29) is 5.91 Å². The van der Waals surface area contributed by atoms with Gasteiger partial charge in [0.1, 0.15) is 11.5 Å². The summed E-state index contributed by atoms with van der Waals surface area (Å²) in [6, 6.07) is 21.3. The highest BCUT2D eigenvalue weighted by Gasteiger charge is 2.26. The molecule has 0 aliphatic heterocycles. The number of nitrogens with zero attached hydrogens (tertiary/aromatic N) is 3. The van der Waals surface area contributed by atoms with E-state index >= 15 is 0 Å². The van der Waals surface area contributed by atoms with E-state index in [0.29, 0.717) is 29.6 Å². The largest absolute Gasteiger partial charge is 0.497 e. The number of hydrogen-bond donors (Lipinski definition) is 0. The molecule has 0 unspecified atom stereocenters. The van der Waals surface area contributed by atoms with Gasteiger partial charge in [-0.05, 0) is 47.5 Å². The topological polar surface area (TPSA) is 64.5 Å². The number of methoxy groups -OCH3 is 1. The van der Waals surface area contributed by atoms with E-state index in [9.17, 15) is 4.79 Å². The number of hydrogen-bond acceptors (Lipinski definition) is 6. The Balaban J connectivity index is 1.67. The summed E-state index contributed by atoms with van der Waals surface area (Å²) in [6.07, 6.45) is 3.49. The van der Waals surface area contributed by atoms with E-state index in [1.54, 1.807) is 24.4 Å². The molecule has 0 aliphatic rings. The van der Waals surface area contributed by atoms with Gasteiger partial charge in [0.05, 0.1) is 36.0 Å². The van der Waals surface area contributed by atoms with Gasteiger partial charge in [-0.3, -0.25) is 14.7 Å². The first-order valence-corrected chi connectivity index (χ1v) is 11.8. The molecule has 0 radical (unpaired) electrons. The van der Waals surface area contributed by atoms with Gasteiger partial charge < -0.3 is 9.47 Å². The molecule has 7 heteroatoms. The molecule has 0 atom stereocenters. The second-order valence-electron chi connectivity index (χ2n) is 7.68. The highest BCUT2D eigenvalue weighted by molar-refractivity contribution is 7.22. The van der Waals surface area contributed by atoms with Crippen molar-refractivity contribution in [1.82, 2.24) is 9.97 Å². The number of carbonyl (C=O) groups excluding carboxylic acids is 1. The summed E-state index contributed by atoms with van der Waals surface area (Å²) in [7, 11) is 1.63. The van der Waals surface area contributed by atoms with Crippen molar-refractivity contribution in [2.24, 2.45) is 0 Å². The third-order valence-corrected chi connectivity index (χ3v) is 6.59. The summed E-state index contributed by atoms with van der Waals surface area (Å²) >= 11 is 1.47. The summed E-state index contributed by atoms with van der Waals surface area (Å²) in [6.45, 7) is 2.71. The lowest BCUT2D eigenvalue weighted by Gasteiger charge is -2.22. The van der Waals surface area contributed by atoms with Crippen molar-refractivity contribution in [2.75, 3.05) is 18.6 Å². The second kappa shape index (κ2) is 9.49. The minimum Gasteiger partial charge on any atom is -0.497 e. The smallest absolute Gasteiger partial charge is 0.264 e. The molecule has 0 fully saturated rings. The number of thiazole rings is 1. The van der Waals surface area contributed by atoms with Crippen LogP contribution in [0.15, 0.2) is 79.1 Å². The molecular formula is C27H23N3O3S. The average Bonchev–Trinajstić information content (AvgIpc) is 3.30. The number of aromatic nitrogens is 2. The van der Waals surface area contributed by atoms with Crippen molar-refractivity contribution >= 4 is 43.4 Å². The van der Waals surface area contributed by atoms with Gasteiger partial charge in [-0.1, -0.05) is 47.7 Å². The Morgan fingerprint density at radius 1 is 1.06 bits per heavy atom. The molecule has 5 aromatic rings. The van der Waals surface area contributed by atoms with Crippen molar-refractivity contribution < 1.29 is 14.3 Å². The summed E-state index contributed by atoms with van der Waals surface area (Å²) in [5.74, 6) is 1.11. The van der Waals surface area contributed by atoms with Crippen molar-refractivity contribution in [3.8, 4) is 11.5 Å². The van der Waals surface area contributed by atoms with Crippen LogP contribution >= 0.6 is 11.3 Å². The van der Waals surface area contributed by atoms with Gasteiger partial charge in [0, 0.05) is 18.5 Å².